The van der Waals surface area contributed by atoms with Crippen LogP contribution in [0.3, 0.4) is 0 Å². The van der Waals surface area contributed by atoms with Crippen molar-refractivity contribution in [3.8, 4) is 0 Å². The Bertz CT molecular complexity index is 899. The first kappa shape index (κ1) is 15.6. The molecule has 0 radical (unpaired) electrons. The van der Waals surface area contributed by atoms with Crippen molar-refractivity contribution in [2.75, 3.05) is 6.54 Å². The van der Waals surface area contributed by atoms with E-state index in [0.717, 1.165) is 23.4 Å². The standard InChI is InChI=1S/C18H19N5O2/c1-3-13-15(11(2)25-22-13)18(24)23-8-6-14-16(21-10-20-14)17(23)12-5-4-7-19-9-12/h4-5,7,9-10,17H,3,6,8H2,1-2H3,(H,20,21)/t17-/m0/s1. The van der Waals surface area contributed by atoms with Gasteiger partial charge in [-0.25, -0.2) is 4.98 Å². The van der Waals surface area contributed by atoms with Gasteiger partial charge < -0.3 is 14.4 Å². The van der Waals surface area contributed by atoms with Crippen LogP contribution in [0, 0.1) is 6.92 Å². The molecule has 128 valence electrons. The van der Waals surface area contributed by atoms with Crippen molar-refractivity contribution in [2.24, 2.45) is 0 Å². The summed E-state index contributed by atoms with van der Waals surface area (Å²) in [6.07, 6.45) is 6.59. The highest BCUT2D eigenvalue weighted by molar-refractivity contribution is 5.96. The van der Waals surface area contributed by atoms with Crippen molar-refractivity contribution in [1.82, 2.24) is 25.0 Å². The minimum absolute atomic E-state index is 0.0712. The lowest BCUT2D eigenvalue weighted by molar-refractivity contribution is 0.0687. The number of rotatable bonds is 3. The van der Waals surface area contributed by atoms with Crippen LogP contribution in [0.5, 0.6) is 0 Å². The number of aromatic nitrogens is 4. The molecule has 0 aromatic carbocycles. The fraction of sp³-hybridized carbons (Fsp3) is 0.333. The zero-order valence-corrected chi connectivity index (χ0v) is 14.2. The van der Waals surface area contributed by atoms with Crippen molar-refractivity contribution < 1.29 is 9.32 Å². The molecule has 0 saturated carbocycles. The first-order chi connectivity index (χ1) is 12.2. The first-order valence-corrected chi connectivity index (χ1v) is 8.38. The molecule has 1 aliphatic heterocycles. The molecule has 0 spiro atoms. The number of nitrogens with zero attached hydrogens (tertiary/aromatic N) is 4. The summed E-state index contributed by atoms with van der Waals surface area (Å²) < 4.78 is 5.26. The number of hydrogen-bond donors (Lipinski definition) is 1. The van der Waals surface area contributed by atoms with Gasteiger partial charge in [0.1, 0.15) is 17.4 Å². The van der Waals surface area contributed by atoms with E-state index in [1.165, 1.54) is 0 Å². The number of carbonyl (C=O) groups excluding carboxylic acids is 1. The third-order valence-electron chi connectivity index (χ3n) is 4.67. The molecule has 3 aromatic heterocycles. The number of nitrogens with one attached hydrogen (secondary N) is 1. The topological polar surface area (TPSA) is 87.9 Å². The van der Waals surface area contributed by atoms with Crippen LogP contribution < -0.4 is 0 Å². The van der Waals surface area contributed by atoms with Gasteiger partial charge in [0, 0.05) is 31.1 Å². The Labute approximate surface area is 145 Å². The normalized spacial score (nSPS) is 16.7. The molecule has 0 fully saturated rings. The molecule has 7 nitrogen and oxygen atoms in total. The molecular weight excluding hydrogens is 318 g/mol. The number of hydrogen-bond acceptors (Lipinski definition) is 5. The Morgan fingerprint density at radius 3 is 3.12 bits per heavy atom. The van der Waals surface area contributed by atoms with Gasteiger partial charge in [-0.1, -0.05) is 18.1 Å². The minimum Gasteiger partial charge on any atom is -0.361 e. The highest BCUT2D eigenvalue weighted by Crippen LogP contribution is 2.34. The summed E-state index contributed by atoms with van der Waals surface area (Å²) in [7, 11) is 0. The second-order valence-corrected chi connectivity index (χ2v) is 6.12. The van der Waals surface area contributed by atoms with Crippen LogP contribution in [0.1, 0.15) is 51.7 Å². The van der Waals surface area contributed by atoms with Crippen LogP contribution in [0.2, 0.25) is 0 Å². The third-order valence-corrected chi connectivity index (χ3v) is 4.67. The number of aromatic amines is 1. The van der Waals surface area contributed by atoms with Crippen molar-refractivity contribution in [3.05, 3.63) is 64.8 Å². The number of carbonyl (C=O) groups is 1. The minimum atomic E-state index is -0.268. The summed E-state index contributed by atoms with van der Waals surface area (Å²) in [4.78, 5) is 27.1. The maximum Gasteiger partial charge on any atom is 0.260 e. The van der Waals surface area contributed by atoms with Crippen LogP contribution in [-0.2, 0) is 12.8 Å². The van der Waals surface area contributed by atoms with Crippen LogP contribution in [0.4, 0.5) is 0 Å². The first-order valence-electron chi connectivity index (χ1n) is 8.38. The highest BCUT2D eigenvalue weighted by atomic mass is 16.5. The summed E-state index contributed by atoms with van der Waals surface area (Å²) in [6.45, 7) is 4.35. The third kappa shape index (κ3) is 2.52. The summed E-state index contributed by atoms with van der Waals surface area (Å²) >= 11 is 0. The smallest absolute Gasteiger partial charge is 0.260 e. The van der Waals surface area contributed by atoms with E-state index >= 15 is 0 Å². The van der Waals surface area contributed by atoms with Gasteiger partial charge in [-0.15, -0.1) is 0 Å². The summed E-state index contributed by atoms with van der Waals surface area (Å²) in [6, 6.07) is 3.58. The predicted molar refractivity (Wildman–Crippen MR) is 90.0 cm³/mol. The van der Waals surface area contributed by atoms with E-state index in [1.807, 2.05) is 24.0 Å². The second kappa shape index (κ2) is 6.16. The van der Waals surface area contributed by atoms with E-state index in [9.17, 15) is 4.79 Å². The summed E-state index contributed by atoms with van der Waals surface area (Å²) in [5, 5.41) is 4.03. The maximum absolute atomic E-state index is 13.3. The van der Waals surface area contributed by atoms with Crippen LogP contribution in [-0.4, -0.2) is 37.5 Å². The molecule has 0 unspecified atom stereocenters. The van der Waals surface area contributed by atoms with Crippen molar-refractivity contribution >= 4 is 5.91 Å². The van der Waals surface area contributed by atoms with Gasteiger partial charge in [-0.3, -0.25) is 9.78 Å². The average Bonchev–Trinajstić information content (AvgIpc) is 3.27. The molecule has 0 aliphatic carbocycles. The molecule has 1 N–H and O–H groups in total. The maximum atomic E-state index is 13.3. The number of aryl methyl sites for hydroxylation is 2. The van der Waals surface area contributed by atoms with Crippen LogP contribution in [0.25, 0.3) is 0 Å². The summed E-state index contributed by atoms with van der Waals surface area (Å²) in [5.41, 5.74) is 4.14. The molecule has 4 heterocycles. The van der Waals surface area contributed by atoms with E-state index in [0.29, 0.717) is 30.0 Å². The number of pyridine rings is 1. The molecule has 1 amide bonds. The zero-order chi connectivity index (χ0) is 17.4. The number of amides is 1. The molecule has 0 saturated heterocycles. The van der Waals surface area contributed by atoms with E-state index in [-0.39, 0.29) is 11.9 Å². The fourth-order valence-corrected chi connectivity index (χ4v) is 3.45. The number of H-pyrrole nitrogens is 1. The van der Waals surface area contributed by atoms with Gasteiger partial charge in [0.05, 0.1) is 17.7 Å². The van der Waals surface area contributed by atoms with Gasteiger partial charge in [0.25, 0.3) is 5.91 Å². The van der Waals surface area contributed by atoms with E-state index in [1.54, 1.807) is 25.6 Å². The lowest BCUT2D eigenvalue weighted by Crippen LogP contribution is -2.41. The van der Waals surface area contributed by atoms with Crippen molar-refractivity contribution in [2.45, 2.75) is 32.7 Å². The SMILES string of the molecule is CCc1noc(C)c1C(=O)N1CCc2[nH]cnc2[C@@H]1c1cccnc1. The quantitative estimate of drug-likeness (QED) is 0.793. The van der Waals surface area contributed by atoms with Gasteiger partial charge >= 0.3 is 0 Å². The Morgan fingerprint density at radius 2 is 2.36 bits per heavy atom. The Kier molecular flexibility index (Phi) is 3.83. The molecule has 0 bridgehead atoms. The molecular formula is C18H19N5O2. The Hall–Kier alpha value is -2.96. The average molecular weight is 337 g/mol. The van der Waals surface area contributed by atoms with Gasteiger partial charge in [-0.2, -0.15) is 0 Å². The van der Waals surface area contributed by atoms with E-state index in [4.69, 9.17) is 4.52 Å². The monoisotopic (exact) mass is 337 g/mol. The predicted octanol–water partition coefficient (Wildman–Crippen LogP) is 2.45. The largest absolute Gasteiger partial charge is 0.361 e. The molecule has 4 rings (SSSR count). The molecule has 1 aliphatic rings. The number of imidazole rings is 1. The van der Waals surface area contributed by atoms with Crippen LogP contribution >= 0.6 is 0 Å². The second-order valence-electron chi connectivity index (χ2n) is 6.12. The van der Waals surface area contributed by atoms with E-state index in [2.05, 4.69) is 20.1 Å². The Balaban J connectivity index is 1.80. The summed E-state index contributed by atoms with van der Waals surface area (Å²) in [5.74, 6) is 0.484. The molecule has 3 aromatic rings. The highest BCUT2D eigenvalue weighted by Gasteiger charge is 2.36. The Morgan fingerprint density at radius 1 is 1.48 bits per heavy atom. The number of fused-ring (bicyclic) bond motifs is 1. The van der Waals surface area contributed by atoms with Crippen molar-refractivity contribution in [3.63, 3.8) is 0 Å². The molecule has 7 heteroatoms. The van der Waals surface area contributed by atoms with Gasteiger partial charge in [0.15, 0.2) is 0 Å². The van der Waals surface area contributed by atoms with Gasteiger partial charge in [-0.05, 0) is 25.0 Å². The molecule has 1 atom stereocenters. The van der Waals surface area contributed by atoms with Gasteiger partial charge in [0.2, 0.25) is 0 Å². The molecule has 25 heavy (non-hydrogen) atoms. The fourth-order valence-electron chi connectivity index (χ4n) is 3.45. The van der Waals surface area contributed by atoms with Crippen LogP contribution in [0.15, 0.2) is 35.4 Å². The van der Waals surface area contributed by atoms with E-state index < -0.39 is 0 Å². The lowest BCUT2D eigenvalue weighted by Gasteiger charge is -2.35. The lowest BCUT2D eigenvalue weighted by atomic mass is 9.95. The zero-order valence-electron chi connectivity index (χ0n) is 14.2. The van der Waals surface area contributed by atoms with Crippen molar-refractivity contribution in [1.29, 1.82) is 0 Å².